The first kappa shape index (κ1) is 9.33. The zero-order chi connectivity index (χ0) is 8.97. The third-order valence-electron chi connectivity index (χ3n) is 1.78. The Morgan fingerprint density at radius 2 is 2.17 bits per heavy atom. The van der Waals surface area contributed by atoms with Gasteiger partial charge in [0.25, 0.3) is 0 Å². The Hall–Kier alpha value is -0.760. The highest BCUT2D eigenvalue weighted by Crippen LogP contribution is 2.14. The predicted octanol–water partition coefficient (Wildman–Crippen LogP) is 3.17. The van der Waals surface area contributed by atoms with Crippen LogP contribution in [0.2, 0.25) is 0 Å². The van der Waals surface area contributed by atoms with Crippen molar-refractivity contribution >= 4 is 17.3 Å². The van der Waals surface area contributed by atoms with Crippen LogP contribution in [0.25, 0.3) is 0 Å². The first-order valence-electron chi connectivity index (χ1n) is 3.88. The average molecular weight is 179 g/mol. The van der Waals surface area contributed by atoms with Crippen LogP contribution in [0, 0.1) is 0 Å². The van der Waals surface area contributed by atoms with Gasteiger partial charge in [0.2, 0.25) is 0 Å². The van der Waals surface area contributed by atoms with Crippen molar-refractivity contribution in [3.8, 4) is 0 Å². The summed E-state index contributed by atoms with van der Waals surface area (Å²) in [5.41, 5.74) is 5.24. The number of aliphatic imine (C=N–C) groups is 1. The molecule has 12 heavy (non-hydrogen) atoms. The van der Waals surface area contributed by atoms with Gasteiger partial charge in [-0.1, -0.05) is 18.2 Å². The highest BCUT2D eigenvalue weighted by molar-refractivity contribution is 8.12. The molecule has 0 amide bonds. The number of thioether (sulfide) groups is 1. The molecular weight excluding hydrogens is 166 g/mol. The number of hydrogen-bond donors (Lipinski definition) is 0. The number of hydrogen-bond acceptors (Lipinski definition) is 2. The summed E-state index contributed by atoms with van der Waals surface area (Å²) in [5.74, 6) is 0.994. The van der Waals surface area contributed by atoms with E-state index in [1.165, 1.54) is 11.1 Å². The molecule has 0 spiro atoms. The lowest BCUT2D eigenvalue weighted by Gasteiger charge is -1.99. The SMILES string of the molecule is C=C1/C=C(C)\C(C)=C/CS/C=N\1. The largest absolute Gasteiger partial charge is 0.251 e. The fourth-order valence-electron chi connectivity index (χ4n) is 0.883. The van der Waals surface area contributed by atoms with Crippen LogP contribution >= 0.6 is 11.8 Å². The minimum Gasteiger partial charge on any atom is -0.251 e. The van der Waals surface area contributed by atoms with Gasteiger partial charge >= 0.3 is 0 Å². The van der Waals surface area contributed by atoms with Crippen LogP contribution in [0.15, 0.2) is 40.6 Å². The minimum atomic E-state index is 0.828. The normalized spacial score (nSPS) is 30.3. The molecule has 0 atom stereocenters. The Morgan fingerprint density at radius 3 is 2.92 bits per heavy atom. The molecule has 1 aliphatic heterocycles. The van der Waals surface area contributed by atoms with Gasteiger partial charge in [-0.2, -0.15) is 0 Å². The maximum atomic E-state index is 4.16. The van der Waals surface area contributed by atoms with Gasteiger partial charge in [-0.25, -0.2) is 0 Å². The third kappa shape index (κ3) is 2.70. The highest BCUT2D eigenvalue weighted by atomic mass is 32.2. The molecule has 0 aromatic carbocycles. The number of nitrogens with zero attached hydrogens (tertiary/aromatic N) is 1. The van der Waals surface area contributed by atoms with Crippen molar-refractivity contribution in [1.29, 1.82) is 0 Å². The summed E-state index contributed by atoms with van der Waals surface area (Å²) >= 11 is 1.69. The molecule has 1 aliphatic rings. The Kier molecular flexibility index (Phi) is 3.35. The van der Waals surface area contributed by atoms with Crippen LogP contribution < -0.4 is 0 Å². The minimum absolute atomic E-state index is 0.828. The molecule has 64 valence electrons. The lowest BCUT2D eigenvalue weighted by Crippen LogP contribution is -1.80. The summed E-state index contributed by atoms with van der Waals surface area (Å²) in [6, 6.07) is 0. The van der Waals surface area contributed by atoms with Crippen molar-refractivity contribution in [3.63, 3.8) is 0 Å². The van der Waals surface area contributed by atoms with Crippen LogP contribution in [0.1, 0.15) is 13.8 Å². The Balaban J connectivity index is 2.91. The molecule has 0 unspecified atom stereocenters. The van der Waals surface area contributed by atoms with E-state index in [1.54, 1.807) is 11.8 Å². The van der Waals surface area contributed by atoms with Gasteiger partial charge in [0, 0.05) is 5.75 Å². The van der Waals surface area contributed by atoms with Crippen LogP contribution in [0.3, 0.4) is 0 Å². The van der Waals surface area contributed by atoms with Crippen molar-refractivity contribution in [2.45, 2.75) is 13.8 Å². The molecule has 0 aromatic rings. The van der Waals surface area contributed by atoms with Gasteiger partial charge in [0.1, 0.15) is 0 Å². The second-order valence-corrected chi connectivity index (χ2v) is 3.65. The molecule has 1 heterocycles. The van der Waals surface area contributed by atoms with Gasteiger partial charge < -0.3 is 0 Å². The lowest BCUT2D eigenvalue weighted by molar-refractivity contribution is 1.30. The fourth-order valence-corrected chi connectivity index (χ4v) is 1.53. The van der Waals surface area contributed by atoms with Crippen molar-refractivity contribution in [2.75, 3.05) is 5.75 Å². The maximum absolute atomic E-state index is 4.16. The molecule has 0 bridgehead atoms. The molecule has 0 saturated carbocycles. The lowest BCUT2D eigenvalue weighted by atomic mass is 10.1. The standard InChI is InChI=1S/C10H13NS/c1-8-4-5-12-7-11-10(3)6-9(8)2/h4,6-7H,3,5H2,1-2H3/b8-4-,9-6-,11-7-. The summed E-state index contributed by atoms with van der Waals surface area (Å²) in [5, 5.41) is 0. The molecule has 2 heteroatoms. The fraction of sp³-hybridized carbons (Fsp3) is 0.300. The summed E-state index contributed by atoms with van der Waals surface area (Å²) in [6.07, 6.45) is 4.22. The second kappa shape index (κ2) is 4.31. The van der Waals surface area contributed by atoms with Crippen LogP contribution in [-0.2, 0) is 0 Å². The molecule has 0 aliphatic carbocycles. The Bertz CT molecular complexity index is 272. The molecule has 0 radical (unpaired) electrons. The van der Waals surface area contributed by atoms with Gasteiger partial charge in [0.05, 0.1) is 11.2 Å². The second-order valence-electron chi connectivity index (χ2n) is 2.77. The summed E-state index contributed by atoms with van der Waals surface area (Å²) in [7, 11) is 0. The Morgan fingerprint density at radius 1 is 1.42 bits per heavy atom. The van der Waals surface area contributed by atoms with Gasteiger partial charge in [-0.3, -0.25) is 4.99 Å². The van der Waals surface area contributed by atoms with E-state index < -0.39 is 0 Å². The molecule has 1 rings (SSSR count). The Labute approximate surface area is 78.0 Å². The maximum Gasteiger partial charge on any atom is 0.0606 e. The van der Waals surface area contributed by atoms with E-state index in [0.717, 1.165) is 11.4 Å². The molecule has 1 nitrogen and oxygen atoms in total. The average Bonchev–Trinajstić information content (AvgIpc) is 2.07. The smallest absolute Gasteiger partial charge is 0.0606 e. The van der Waals surface area contributed by atoms with E-state index >= 15 is 0 Å². The zero-order valence-electron chi connectivity index (χ0n) is 7.50. The quantitative estimate of drug-likeness (QED) is 0.556. The van der Waals surface area contributed by atoms with E-state index in [4.69, 9.17) is 0 Å². The van der Waals surface area contributed by atoms with Crippen molar-refractivity contribution < 1.29 is 0 Å². The monoisotopic (exact) mass is 179 g/mol. The van der Waals surface area contributed by atoms with Crippen molar-refractivity contribution in [1.82, 2.24) is 0 Å². The zero-order valence-corrected chi connectivity index (χ0v) is 8.32. The van der Waals surface area contributed by atoms with Crippen LogP contribution in [0.5, 0.6) is 0 Å². The van der Waals surface area contributed by atoms with E-state index in [2.05, 4.69) is 31.5 Å². The van der Waals surface area contributed by atoms with Crippen molar-refractivity contribution in [3.05, 3.63) is 35.6 Å². The molecule has 0 N–H and O–H groups in total. The first-order valence-corrected chi connectivity index (χ1v) is 4.93. The molecular formula is C10H13NS. The summed E-state index contributed by atoms with van der Waals surface area (Å²) in [6.45, 7) is 8.03. The van der Waals surface area contributed by atoms with E-state index in [0.29, 0.717) is 0 Å². The third-order valence-corrected chi connectivity index (χ3v) is 2.40. The topological polar surface area (TPSA) is 12.4 Å². The summed E-state index contributed by atoms with van der Waals surface area (Å²) < 4.78 is 0. The van der Waals surface area contributed by atoms with E-state index in [1.807, 2.05) is 11.6 Å². The first-order chi connectivity index (χ1) is 5.70. The molecule has 0 saturated heterocycles. The van der Waals surface area contributed by atoms with Crippen LogP contribution in [0.4, 0.5) is 0 Å². The van der Waals surface area contributed by atoms with Gasteiger partial charge in [-0.05, 0) is 25.5 Å². The van der Waals surface area contributed by atoms with Crippen molar-refractivity contribution in [2.24, 2.45) is 4.99 Å². The molecule has 0 aromatic heterocycles. The van der Waals surface area contributed by atoms with Gasteiger partial charge in [-0.15, -0.1) is 11.8 Å². The van der Waals surface area contributed by atoms with E-state index in [9.17, 15) is 0 Å². The predicted molar refractivity (Wildman–Crippen MR) is 57.6 cm³/mol. The number of allylic oxidation sites excluding steroid dienone is 3. The summed E-state index contributed by atoms with van der Waals surface area (Å²) in [4.78, 5) is 4.16. The molecule has 0 fully saturated rings. The van der Waals surface area contributed by atoms with Crippen LogP contribution in [-0.4, -0.2) is 11.3 Å². The highest BCUT2D eigenvalue weighted by Gasteiger charge is 1.95. The number of rotatable bonds is 0. The van der Waals surface area contributed by atoms with Gasteiger partial charge in [0.15, 0.2) is 0 Å². The van der Waals surface area contributed by atoms with E-state index in [-0.39, 0.29) is 0 Å².